The van der Waals surface area contributed by atoms with Crippen LogP contribution in [0.15, 0.2) is 64.6 Å². The fourth-order valence-corrected chi connectivity index (χ4v) is 5.28. The summed E-state index contributed by atoms with van der Waals surface area (Å²) in [6.07, 6.45) is 7.61. The summed E-state index contributed by atoms with van der Waals surface area (Å²) in [5, 5.41) is 8.78. The first kappa shape index (κ1) is 26.0. The molecule has 32 heavy (non-hydrogen) atoms. The minimum atomic E-state index is -1.16. The van der Waals surface area contributed by atoms with Gasteiger partial charge in [-0.1, -0.05) is 58.2 Å². The number of rotatable bonds is 7. The Labute approximate surface area is 198 Å². The summed E-state index contributed by atoms with van der Waals surface area (Å²) in [4.78, 5) is 14.5. The number of carboxylic acid groups (broad SMARTS) is 1. The van der Waals surface area contributed by atoms with Crippen molar-refractivity contribution < 1.29 is 18.8 Å². The third kappa shape index (κ3) is 7.14. The molecule has 0 fully saturated rings. The van der Waals surface area contributed by atoms with Crippen LogP contribution in [0.4, 0.5) is 11.4 Å². The van der Waals surface area contributed by atoms with Crippen molar-refractivity contribution in [2.24, 2.45) is 5.92 Å². The minimum Gasteiger partial charge on any atom is -0.478 e. The molecule has 174 valence electrons. The van der Waals surface area contributed by atoms with Gasteiger partial charge in [-0.15, -0.1) is 11.8 Å². The van der Waals surface area contributed by atoms with Gasteiger partial charge in [0.1, 0.15) is 5.75 Å². The maximum atomic E-state index is 13.1. The van der Waals surface area contributed by atoms with Crippen LogP contribution in [-0.2, 0) is 15.6 Å². The quantitative estimate of drug-likeness (QED) is 0.281. The van der Waals surface area contributed by atoms with Crippen molar-refractivity contribution in [3.05, 3.63) is 54.8 Å². The van der Waals surface area contributed by atoms with Crippen molar-refractivity contribution in [1.82, 2.24) is 0 Å². The lowest BCUT2D eigenvalue weighted by molar-refractivity contribution is -0.131. The Morgan fingerprint density at radius 2 is 1.91 bits per heavy atom. The zero-order chi connectivity index (χ0) is 23.5. The number of hydrogen-bond donors (Lipinski definition) is 1. The van der Waals surface area contributed by atoms with Gasteiger partial charge < -0.3 is 14.7 Å². The van der Waals surface area contributed by atoms with E-state index in [1.807, 2.05) is 30.5 Å². The number of anilines is 2. The van der Waals surface area contributed by atoms with Crippen molar-refractivity contribution in [3.8, 4) is 5.75 Å². The Kier molecular flexibility index (Phi) is 10.8. The van der Waals surface area contributed by atoms with Crippen LogP contribution in [0.3, 0.4) is 0 Å². The predicted octanol–water partition coefficient (Wildman–Crippen LogP) is 6.48. The molecule has 1 heterocycles. The fraction of sp³-hybridized carbons (Fsp3) is 0.400. The van der Waals surface area contributed by atoms with Gasteiger partial charge in [0.2, 0.25) is 0 Å². The highest BCUT2D eigenvalue weighted by Gasteiger charge is 2.28. The molecular formula is C25H33NO4S2. The summed E-state index contributed by atoms with van der Waals surface area (Å²) >= 11 is 1.51. The molecule has 7 heteroatoms. The monoisotopic (exact) mass is 475 g/mol. The first-order valence-electron chi connectivity index (χ1n) is 10.9. The molecule has 1 N–H and O–H groups in total. The SMILES string of the molecule is CCC1CN(c2ccccc2)c2cc(SC)c(O/C=C/C(=O)O)cc2S(=O)C1.CCCC. The second kappa shape index (κ2) is 13.3. The Morgan fingerprint density at radius 3 is 2.47 bits per heavy atom. The maximum absolute atomic E-state index is 13.1. The summed E-state index contributed by atoms with van der Waals surface area (Å²) in [7, 11) is -1.16. The van der Waals surface area contributed by atoms with E-state index in [1.54, 1.807) is 6.07 Å². The molecule has 0 saturated carbocycles. The molecule has 0 radical (unpaired) electrons. The number of fused-ring (bicyclic) bond motifs is 1. The molecule has 1 aliphatic heterocycles. The van der Waals surface area contributed by atoms with E-state index in [0.29, 0.717) is 17.4 Å². The van der Waals surface area contributed by atoms with E-state index in [9.17, 15) is 9.00 Å². The number of benzene rings is 2. The number of carbonyl (C=O) groups is 1. The first-order chi connectivity index (χ1) is 15.4. The summed E-state index contributed by atoms with van der Waals surface area (Å²) in [5.74, 6) is 0.336. The Hall–Kier alpha value is -2.25. The van der Waals surface area contributed by atoms with E-state index < -0.39 is 16.8 Å². The third-order valence-corrected chi connectivity index (χ3v) is 7.51. The highest BCUT2D eigenvalue weighted by atomic mass is 32.2. The molecule has 2 aromatic carbocycles. The van der Waals surface area contributed by atoms with Crippen LogP contribution in [0, 0.1) is 5.92 Å². The Balaban J connectivity index is 0.000000837. The molecule has 0 amide bonds. The maximum Gasteiger partial charge on any atom is 0.331 e. The second-order valence-corrected chi connectivity index (χ2v) is 9.77. The number of para-hydroxylation sites is 1. The van der Waals surface area contributed by atoms with Gasteiger partial charge in [0.05, 0.1) is 38.6 Å². The van der Waals surface area contributed by atoms with Crippen molar-refractivity contribution in [2.75, 3.05) is 23.5 Å². The summed E-state index contributed by atoms with van der Waals surface area (Å²) in [6.45, 7) is 7.28. The zero-order valence-electron chi connectivity index (χ0n) is 19.2. The minimum absolute atomic E-state index is 0.308. The van der Waals surface area contributed by atoms with Crippen molar-refractivity contribution >= 4 is 39.9 Å². The van der Waals surface area contributed by atoms with Gasteiger partial charge in [0.15, 0.2) is 0 Å². The Bertz CT molecular complexity index is 929. The van der Waals surface area contributed by atoms with Crippen LogP contribution in [-0.4, -0.2) is 33.8 Å². The molecular weight excluding hydrogens is 442 g/mol. The van der Waals surface area contributed by atoms with Crippen molar-refractivity contribution in [3.63, 3.8) is 0 Å². The fourth-order valence-electron chi connectivity index (χ4n) is 3.15. The number of hydrogen-bond acceptors (Lipinski definition) is 5. The van der Waals surface area contributed by atoms with Crippen LogP contribution in [0.25, 0.3) is 0 Å². The number of carboxylic acids is 1. The van der Waals surface area contributed by atoms with E-state index in [4.69, 9.17) is 9.84 Å². The van der Waals surface area contributed by atoms with Crippen LogP contribution in [0.2, 0.25) is 0 Å². The van der Waals surface area contributed by atoms with Crippen LogP contribution in [0.1, 0.15) is 40.0 Å². The van der Waals surface area contributed by atoms with Gasteiger partial charge in [0.25, 0.3) is 0 Å². The predicted molar refractivity (Wildman–Crippen MR) is 135 cm³/mol. The largest absolute Gasteiger partial charge is 0.478 e. The normalized spacial score (nSPS) is 17.8. The van der Waals surface area contributed by atoms with Gasteiger partial charge in [0, 0.05) is 24.1 Å². The van der Waals surface area contributed by atoms with Crippen molar-refractivity contribution in [2.45, 2.75) is 49.8 Å². The molecule has 2 unspecified atom stereocenters. The first-order valence-corrected chi connectivity index (χ1v) is 13.5. The molecule has 0 spiro atoms. The van der Waals surface area contributed by atoms with Crippen LogP contribution in [0.5, 0.6) is 5.75 Å². The van der Waals surface area contributed by atoms with E-state index in [0.717, 1.165) is 46.5 Å². The van der Waals surface area contributed by atoms with Crippen molar-refractivity contribution in [1.29, 1.82) is 0 Å². The number of aliphatic carboxylic acids is 1. The highest BCUT2D eigenvalue weighted by Crippen LogP contribution is 2.42. The third-order valence-electron chi connectivity index (χ3n) is 5.16. The van der Waals surface area contributed by atoms with E-state index in [-0.39, 0.29) is 0 Å². The number of nitrogens with zero attached hydrogens (tertiary/aromatic N) is 1. The van der Waals surface area contributed by atoms with Gasteiger partial charge >= 0.3 is 5.97 Å². The van der Waals surface area contributed by atoms with Gasteiger partial charge in [-0.05, 0) is 30.4 Å². The molecule has 2 aromatic rings. The van der Waals surface area contributed by atoms with E-state index in [1.165, 1.54) is 24.6 Å². The molecule has 3 rings (SSSR count). The second-order valence-electron chi connectivity index (χ2n) is 7.46. The highest BCUT2D eigenvalue weighted by molar-refractivity contribution is 7.98. The van der Waals surface area contributed by atoms with E-state index >= 15 is 0 Å². The van der Waals surface area contributed by atoms with Gasteiger partial charge in [-0.25, -0.2) is 4.79 Å². The topological polar surface area (TPSA) is 66.8 Å². The summed E-state index contributed by atoms with van der Waals surface area (Å²) < 4.78 is 18.6. The lowest BCUT2D eigenvalue weighted by Crippen LogP contribution is -2.25. The molecule has 0 saturated heterocycles. The molecule has 2 atom stereocenters. The Morgan fingerprint density at radius 1 is 1.22 bits per heavy atom. The summed E-state index contributed by atoms with van der Waals surface area (Å²) in [6, 6.07) is 13.9. The zero-order valence-corrected chi connectivity index (χ0v) is 20.9. The van der Waals surface area contributed by atoms with Crippen LogP contribution >= 0.6 is 11.8 Å². The number of unbranched alkanes of at least 4 members (excludes halogenated alkanes) is 1. The van der Waals surface area contributed by atoms with Gasteiger partial charge in [-0.2, -0.15) is 0 Å². The smallest absolute Gasteiger partial charge is 0.331 e. The average Bonchev–Trinajstić information content (AvgIpc) is 2.95. The lowest BCUT2D eigenvalue weighted by Gasteiger charge is -2.27. The lowest BCUT2D eigenvalue weighted by atomic mass is 10.1. The average molecular weight is 476 g/mol. The standard InChI is InChI=1S/C21H23NO4S2.C4H10/c1-3-15-13-22(16-7-5-4-6-8-16)17-11-19(27-2)18(26-10-9-21(23)24)12-20(17)28(25)14-15;1-3-4-2/h4-12,15H,3,13-14H2,1-2H3,(H,23,24);3-4H2,1-2H3/b10-9+;. The molecule has 1 aliphatic rings. The molecule has 5 nitrogen and oxygen atoms in total. The number of thioether (sulfide) groups is 1. The molecule has 0 aliphatic carbocycles. The van der Waals surface area contributed by atoms with E-state index in [2.05, 4.69) is 37.8 Å². The number of ether oxygens (including phenoxy) is 1. The summed E-state index contributed by atoms with van der Waals surface area (Å²) in [5.41, 5.74) is 1.98. The molecule has 0 aromatic heterocycles. The molecule has 0 bridgehead atoms. The van der Waals surface area contributed by atoms with Gasteiger partial charge in [-0.3, -0.25) is 4.21 Å². The van der Waals surface area contributed by atoms with Crippen LogP contribution < -0.4 is 9.64 Å².